The molecule has 0 aliphatic rings. The number of methoxy groups -OCH3 is 1. The van der Waals surface area contributed by atoms with Gasteiger partial charge in [-0.15, -0.1) is 24.0 Å². The van der Waals surface area contributed by atoms with Gasteiger partial charge in [0.1, 0.15) is 5.75 Å². The zero-order valence-electron chi connectivity index (χ0n) is 7.50. The Hall–Kier alpha value is -0.670. The molecule has 2 rings (SSSR count). The second-order valence-electron chi connectivity index (χ2n) is 2.85. The van der Waals surface area contributed by atoms with Crippen molar-refractivity contribution in [1.29, 1.82) is 0 Å². The third-order valence-corrected chi connectivity index (χ3v) is 3.68. The summed E-state index contributed by atoms with van der Waals surface area (Å²) in [5.74, 6) is 0.982. The van der Waals surface area contributed by atoms with Crippen molar-refractivity contribution in [3.05, 3.63) is 23.1 Å². The number of hydrogen-bond acceptors (Lipinski definition) is 3. The standard InChI is InChI=1S/C10H10OS2/c1-6-9(11-2)7-4-3-5-8(12)10(7)13-6/h3-5,12H,1-2H3. The monoisotopic (exact) mass is 210 g/mol. The van der Waals surface area contributed by atoms with Crippen molar-refractivity contribution in [3.63, 3.8) is 0 Å². The van der Waals surface area contributed by atoms with Crippen LogP contribution in [0.15, 0.2) is 23.1 Å². The number of fused-ring (bicyclic) bond motifs is 1. The maximum absolute atomic E-state index is 5.33. The van der Waals surface area contributed by atoms with Crippen LogP contribution >= 0.6 is 24.0 Å². The highest BCUT2D eigenvalue weighted by atomic mass is 32.1. The molecule has 0 radical (unpaired) electrons. The van der Waals surface area contributed by atoms with Gasteiger partial charge in [0.05, 0.1) is 11.8 Å². The Morgan fingerprint density at radius 2 is 2.15 bits per heavy atom. The van der Waals surface area contributed by atoms with Crippen LogP contribution in [0.4, 0.5) is 0 Å². The summed E-state index contributed by atoms with van der Waals surface area (Å²) in [6, 6.07) is 6.07. The highest BCUT2D eigenvalue weighted by Gasteiger charge is 2.10. The molecule has 0 saturated heterocycles. The summed E-state index contributed by atoms with van der Waals surface area (Å²) >= 11 is 6.13. The Kier molecular flexibility index (Phi) is 2.22. The van der Waals surface area contributed by atoms with Crippen molar-refractivity contribution in [2.45, 2.75) is 11.8 Å². The quantitative estimate of drug-likeness (QED) is 0.709. The summed E-state index contributed by atoms with van der Waals surface area (Å²) in [4.78, 5) is 2.23. The van der Waals surface area contributed by atoms with E-state index >= 15 is 0 Å². The van der Waals surface area contributed by atoms with Gasteiger partial charge in [0.2, 0.25) is 0 Å². The fourth-order valence-electron chi connectivity index (χ4n) is 1.45. The molecule has 0 amide bonds. The van der Waals surface area contributed by atoms with Crippen LogP contribution < -0.4 is 4.74 Å². The van der Waals surface area contributed by atoms with E-state index in [2.05, 4.69) is 25.6 Å². The van der Waals surface area contributed by atoms with Crippen molar-refractivity contribution in [2.24, 2.45) is 0 Å². The van der Waals surface area contributed by atoms with Gasteiger partial charge in [0.25, 0.3) is 0 Å². The molecule has 0 atom stereocenters. The molecule has 0 aliphatic heterocycles. The summed E-state index contributed by atoms with van der Waals surface area (Å²) < 4.78 is 6.54. The van der Waals surface area contributed by atoms with Crippen LogP contribution in [0.3, 0.4) is 0 Å². The normalized spacial score (nSPS) is 10.7. The van der Waals surface area contributed by atoms with Gasteiger partial charge in [-0.2, -0.15) is 0 Å². The Balaban J connectivity index is 2.86. The van der Waals surface area contributed by atoms with Crippen molar-refractivity contribution in [2.75, 3.05) is 7.11 Å². The maximum Gasteiger partial charge on any atom is 0.140 e. The number of aryl methyl sites for hydroxylation is 1. The van der Waals surface area contributed by atoms with E-state index in [4.69, 9.17) is 4.74 Å². The highest BCUT2D eigenvalue weighted by Crippen LogP contribution is 2.39. The van der Waals surface area contributed by atoms with Gasteiger partial charge in [-0.25, -0.2) is 0 Å². The summed E-state index contributed by atoms with van der Waals surface area (Å²) in [7, 11) is 1.71. The SMILES string of the molecule is COc1c(C)sc2c(S)cccc12. The first kappa shape index (κ1) is 8.91. The second-order valence-corrected chi connectivity index (χ2v) is 4.55. The minimum absolute atomic E-state index is 0.982. The van der Waals surface area contributed by atoms with Gasteiger partial charge in [-0.1, -0.05) is 6.07 Å². The molecule has 0 spiro atoms. The molecule has 0 unspecified atom stereocenters. The summed E-state index contributed by atoms with van der Waals surface area (Å²) in [6.07, 6.45) is 0. The first-order valence-electron chi connectivity index (χ1n) is 3.99. The van der Waals surface area contributed by atoms with Crippen LogP contribution in [-0.2, 0) is 0 Å². The number of thiophene rings is 1. The Morgan fingerprint density at radius 3 is 2.85 bits per heavy atom. The number of rotatable bonds is 1. The smallest absolute Gasteiger partial charge is 0.140 e. The molecule has 0 aliphatic carbocycles. The second kappa shape index (κ2) is 3.24. The zero-order valence-corrected chi connectivity index (χ0v) is 9.21. The van der Waals surface area contributed by atoms with E-state index in [-0.39, 0.29) is 0 Å². The minimum Gasteiger partial charge on any atom is -0.495 e. The van der Waals surface area contributed by atoms with Gasteiger partial charge < -0.3 is 4.74 Å². The Labute approximate surface area is 86.8 Å². The van der Waals surface area contributed by atoms with Gasteiger partial charge in [-0.05, 0) is 19.1 Å². The van der Waals surface area contributed by atoms with Crippen molar-refractivity contribution < 1.29 is 4.74 Å². The lowest BCUT2D eigenvalue weighted by Gasteiger charge is -1.98. The van der Waals surface area contributed by atoms with Gasteiger partial charge in [0, 0.05) is 15.2 Å². The molecule has 1 aromatic carbocycles. The lowest BCUT2D eigenvalue weighted by Crippen LogP contribution is -1.81. The highest BCUT2D eigenvalue weighted by molar-refractivity contribution is 7.80. The molecule has 3 heteroatoms. The molecule has 0 saturated carbocycles. The predicted molar refractivity (Wildman–Crippen MR) is 60.4 cm³/mol. The number of ether oxygens (including phenoxy) is 1. The summed E-state index contributed by atoms with van der Waals surface area (Å²) in [5.41, 5.74) is 0. The molecule has 13 heavy (non-hydrogen) atoms. The van der Waals surface area contributed by atoms with E-state index in [1.165, 1.54) is 9.58 Å². The summed E-state index contributed by atoms with van der Waals surface area (Å²) in [6.45, 7) is 2.07. The molecule has 1 heterocycles. The molecule has 2 aromatic rings. The van der Waals surface area contributed by atoms with E-state index in [1.807, 2.05) is 12.1 Å². The third kappa shape index (κ3) is 1.32. The van der Waals surface area contributed by atoms with Crippen LogP contribution in [0.1, 0.15) is 4.88 Å². The van der Waals surface area contributed by atoms with Crippen LogP contribution in [-0.4, -0.2) is 7.11 Å². The van der Waals surface area contributed by atoms with Gasteiger partial charge >= 0.3 is 0 Å². The minimum atomic E-state index is 0.982. The Bertz CT molecular complexity index is 445. The van der Waals surface area contributed by atoms with E-state index < -0.39 is 0 Å². The maximum atomic E-state index is 5.33. The summed E-state index contributed by atoms with van der Waals surface area (Å²) in [5, 5.41) is 1.16. The molecular formula is C10H10OS2. The van der Waals surface area contributed by atoms with Gasteiger partial charge in [-0.3, -0.25) is 0 Å². The van der Waals surface area contributed by atoms with Crippen LogP contribution in [0.25, 0.3) is 10.1 Å². The molecule has 0 N–H and O–H groups in total. The Morgan fingerprint density at radius 1 is 1.38 bits per heavy atom. The average molecular weight is 210 g/mol. The van der Waals surface area contributed by atoms with Crippen molar-refractivity contribution >= 4 is 34.1 Å². The number of benzene rings is 1. The van der Waals surface area contributed by atoms with E-state index in [0.29, 0.717) is 0 Å². The van der Waals surface area contributed by atoms with E-state index in [0.717, 1.165) is 16.0 Å². The zero-order chi connectivity index (χ0) is 9.42. The first-order valence-corrected chi connectivity index (χ1v) is 5.25. The largest absolute Gasteiger partial charge is 0.495 e. The van der Waals surface area contributed by atoms with Gasteiger partial charge in [0.15, 0.2) is 0 Å². The van der Waals surface area contributed by atoms with Crippen LogP contribution in [0.5, 0.6) is 5.75 Å². The van der Waals surface area contributed by atoms with Crippen molar-refractivity contribution in [3.8, 4) is 5.75 Å². The van der Waals surface area contributed by atoms with Crippen LogP contribution in [0.2, 0.25) is 0 Å². The molecule has 0 fully saturated rings. The third-order valence-electron chi connectivity index (χ3n) is 2.02. The molecule has 1 nitrogen and oxygen atoms in total. The number of hydrogen-bond donors (Lipinski definition) is 1. The lowest BCUT2D eigenvalue weighted by molar-refractivity contribution is 0.418. The first-order chi connectivity index (χ1) is 6.24. The number of thiol groups is 1. The fraction of sp³-hybridized carbons (Fsp3) is 0.200. The average Bonchev–Trinajstić information content (AvgIpc) is 2.43. The van der Waals surface area contributed by atoms with E-state index in [9.17, 15) is 0 Å². The predicted octanol–water partition coefficient (Wildman–Crippen LogP) is 3.51. The molecular weight excluding hydrogens is 200 g/mol. The van der Waals surface area contributed by atoms with Crippen LogP contribution in [0, 0.1) is 6.92 Å². The van der Waals surface area contributed by atoms with E-state index in [1.54, 1.807) is 18.4 Å². The topological polar surface area (TPSA) is 9.23 Å². The van der Waals surface area contributed by atoms with Crippen molar-refractivity contribution in [1.82, 2.24) is 0 Å². The fourth-order valence-corrected chi connectivity index (χ4v) is 2.83. The molecule has 0 bridgehead atoms. The molecule has 1 aromatic heterocycles. The lowest BCUT2D eigenvalue weighted by atomic mass is 10.2. The molecule has 68 valence electrons.